The Balaban J connectivity index is 1.38. The lowest BCUT2D eigenvalue weighted by atomic mass is 10.3. The van der Waals surface area contributed by atoms with Gasteiger partial charge in [0, 0.05) is 32.3 Å². The Morgan fingerprint density at radius 1 is 1.36 bits per heavy atom. The molecule has 4 heterocycles. The van der Waals surface area contributed by atoms with Crippen LogP contribution >= 0.6 is 11.6 Å². The zero-order valence-electron chi connectivity index (χ0n) is 13.4. The highest BCUT2D eigenvalue weighted by Crippen LogP contribution is 2.23. The molecule has 1 unspecified atom stereocenters. The molecule has 130 valence electrons. The Kier molecular flexibility index (Phi) is 4.00. The lowest BCUT2D eigenvalue weighted by Crippen LogP contribution is -2.29. The Labute approximate surface area is 148 Å². The monoisotopic (exact) mass is 360 g/mol. The van der Waals surface area contributed by atoms with Gasteiger partial charge in [0.2, 0.25) is 5.91 Å². The van der Waals surface area contributed by atoms with Gasteiger partial charge in [-0.25, -0.2) is 15.0 Å². The van der Waals surface area contributed by atoms with Crippen LogP contribution in [0.1, 0.15) is 18.9 Å². The first-order chi connectivity index (χ1) is 12.1. The molecule has 10 heteroatoms. The number of hydrogen-bond acceptors (Lipinski definition) is 6. The molecule has 3 aromatic rings. The average molecular weight is 361 g/mol. The van der Waals surface area contributed by atoms with Crippen LogP contribution in [-0.2, 0) is 11.3 Å². The maximum absolute atomic E-state index is 12.5. The normalized spacial score (nSPS) is 17.5. The maximum atomic E-state index is 12.5. The van der Waals surface area contributed by atoms with E-state index >= 15 is 0 Å². The van der Waals surface area contributed by atoms with Crippen LogP contribution in [0.5, 0.6) is 0 Å². The Morgan fingerprint density at radius 2 is 2.24 bits per heavy atom. The van der Waals surface area contributed by atoms with Gasteiger partial charge in [0.25, 0.3) is 0 Å². The predicted molar refractivity (Wildman–Crippen MR) is 91.8 cm³/mol. The van der Waals surface area contributed by atoms with E-state index in [0.717, 1.165) is 13.0 Å². The lowest BCUT2D eigenvalue weighted by molar-refractivity contribution is -0.130. The summed E-state index contributed by atoms with van der Waals surface area (Å²) < 4.78 is 3.66. The molecule has 0 aliphatic carbocycles. The molecule has 0 radical (unpaired) electrons. The number of rotatable bonds is 4. The van der Waals surface area contributed by atoms with Gasteiger partial charge < -0.3 is 15.2 Å². The number of hydrogen-bond donors (Lipinski definition) is 1. The van der Waals surface area contributed by atoms with Crippen molar-refractivity contribution in [3.05, 3.63) is 30.1 Å². The number of imidazole rings is 1. The van der Waals surface area contributed by atoms with Gasteiger partial charge in [-0.05, 0) is 6.42 Å². The molecule has 4 rings (SSSR count). The highest BCUT2D eigenvalue weighted by atomic mass is 35.5. The van der Waals surface area contributed by atoms with Crippen molar-refractivity contribution in [1.82, 2.24) is 34.2 Å². The summed E-state index contributed by atoms with van der Waals surface area (Å²) in [6.45, 7) is 1.87. The van der Waals surface area contributed by atoms with E-state index in [1.54, 1.807) is 18.7 Å². The Morgan fingerprint density at radius 3 is 3.04 bits per heavy atom. The summed E-state index contributed by atoms with van der Waals surface area (Å²) in [5, 5.41) is 4.84. The second kappa shape index (κ2) is 6.32. The number of nitrogen functional groups attached to an aromatic ring is 1. The first kappa shape index (κ1) is 15.8. The molecule has 1 amide bonds. The number of amides is 1. The summed E-state index contributed by atoms with van der Waals surface area (Å²) >= 11 is 5.91. The van der Waals surface area contributed by atoms with Crippen molar-refractivity contribution in [3.8, 4) is 0 Å². The first-order valence-electron chi connectivity index (χ1n) is 8.00. The van der Waals surface area contributed by atoms with E-state index in [0.29, 0.717) is 41.5 Å². The van der Waals surface area contributed by atoms with E-state index < -0.39 is 0 Å². The highest BCUT2D eigenvalue weighted by molar-refractivity contribution is 6.30. The fourth-order valence-corrected chi connectivity index (χ4v) is 3.28. The molecule has 1 atom stereocenters. The Hall–Kier alpha value is -2.68. The van der Waals surface area contributed by atoms with Crippen LogP contribution in [0.25, 0.3) is 11.2 Å². The summed E-state index contributed by atoms with van der Waals surface area (Å²) in [5.41, 5.74) is 6.98. The highest BCUT2D eigenvalue weighted by Gasteiger charge is 2.27. The SMILES string of the molecule is Nc1ncnc2c1ncn2CCC(=O)N1CCC(n2cc(Cl)cn2)C1. The van der Waals surface area contributed by atoms with Crippen molar-refractivity contribution in [1.29, 1.82) is 0 Å². The zero-order valence-corrected chi connectivity index (χ0v) is 14.2. The zero-order chi connectivity index (χ0) is 17.4. The number of aryl methyl sites for hydroxylation is 1. The number of fused-ring (bicyclic) bond motifs is 1. The summed E-state index contributed by atoms with van der Waals surface area (Å²) in [5.74, 6) is 0.444. The number of carbonyl (C=O) groups is 1. The van der Waals surface area contributed by atoms with Gasteiger partial charge >= 0.3 is 0 Å². The number of anilines is 1. The smallest absolute Gasteiger partial charge is 0.224 e. The molecule has 0 aromatic carbocycles. The number of aromatic nitrogens is 6. The van der Waals surface area contributed by atoms with E-state index in [4.69, 9.17) is 17.3 Å². The van der Waals surface area contributed by atoms with Gasteiger partial charge in [-0.1, -0.05) is 11.6 Å². The minimum Gasteiger partial charge on any atom is -0.382 e. The van der Waals surface area contributed by atoms with E-state index in [9.17, 15) is 4.79 Å². The largest absolute Gasteiger partial charge is 0.382 e. The molecule has 1 saturated heterocycles. The van der Waals surface area contributed by atoms with Crippen LogP contribution in [0, 0.1) is 0 Å². The van der Waals surface area contributed by atoms with Crippen LogP contribution in [0.15, 0.2) is 25.0 Å². The van der Waals surface area contributed by atoms with Crippen molar-refractivity contribution in [2.45, 2.75) is 25.4 Å². The van der Waals surface area contributed by atoms with Crippen molar-refractivity contribution in [2.24, 2.45) is 0 Å². The molecule has 3 aromatic heterocycles. The van der Waals surface area contributed by atoms with Crippen LogP contribution in [0.2, 0.25) is 5.02 Å². The van der Waals surface area contributed by atoms with Gasteiger partial charge in [-0.3, -0.25) is 9.48 Å². The second-order valence-electron chi connectivity index (χ2n) is 6.04. The molecular weight excluding hydrogens is 344 g/mol. The number of likely N-dealkylation sites (tertiary alicyclic amines) is 1. The summed E-state index contributed by atoms with van der Waals surface area (Å²) in [4.78, 5) is 26.7. The molecular formula is C15H17ClN8O. The third kappa shape index (κ3) is 3.02. The van der Waals surface area contributed by atoms with Crippen molar-refractivity contribution < 1.29 is 4.79 Å². The van der Waals surface area contributed by atoms with Crippen molar-refractivity contribution in [2.75, 3.05) is 18.8 Å². The molecule has 1 aliphatic heterocycles. The minimum absolute atomic E-state index is 0.102. The fourth-order valence-electron chi connectivity index (χ4n) is 3.14. The van der Waals surface area contributed by atoms with Crippen LogP contribution in [-0.4, -0.2) is 53.2 Å². The van der Waals surface area contributed by atoms with Gasteiger partial charge in [0.15, 0.2) is 11.5 Å². The molecule has 0 spiro atoms. The summed E-state index contributed by atoms with van der Waals surface area (Å²) in [6, 6.07) is 0.179. The fraction of sp³-hybridized carbons (Fsp3) is 0.400. The predicted octanol–water partition coefficient (Wildman–Crippen LogP) is 1.12. The molecule has 25 heavy (non-hydrogen) atoms. The van der Waals surface area contributed by atoms with Gasteiger partial charge in [0.05, 0.1) is 23.6 Å². The minimum atomic E-state index is 0.102. The van der Waals surface area contributed by atoms with Gasteiger partial charge in [-0.15, -0.1) is 0 Å². The number of halogens is 1. The standard InChI is InChI=1S/C15H17ClN8O/c16-10-5-21-24(6-10)11-1-3-22(7-11)12(25)2-4-23-9-20-13-14(17)18-8-19-15(13)23/h5-6,8-9,11H,1-4,7H2,(H2,17,18,19). The van der Waals surface area contributed by atoms with E-state index in [1.807, 2.05) is 14.1 Å². The number of nitrogens with two attached hydrogens (primary N) is 1. The third-order valence-corrected chi connectivity index (χ3v) is 4.65. The van der Waals surface area contributed by atoms with Crippen LogP contribution < -0.4 is 5.73 Å². The second-order valence-corrected chi connectivity index (χ2v) is 6.48. The lowest BCUT2D eigenvalue weighted by Gasteiger charge is -2.17. The molecule has 0 bridgehead atoms. The number of carbonyl (C=O) groups excluding carboxylic acids is 1. The number of nitrogens with zero attached hydrogens (tertiary/aromatic N) is 7. The topological polar surface area (TPSA) is 108 Å². The van der Waals surface area contributed by atoms with E-state index in [-0.39, 0.29) is 11.9 Å². The van der Waals surface area contributed by atoms with E-state index in [1.165, 1.54) is 6.33 Å². The van der Waals surface area contributed by atoms with Crippen molar-refractivity contribution >= 4 is 34.5 Å². The van der Waals surface area contributed by atoms with Gasteiger partial charge in [-0.2, -0.15) is 5.10 Å². The average Bonchev–Trinajstić information content (AvgIpc) is 3.32. The van der Waals surface area contributed by atoms with Gasteiger partial charge in [0.1, 0.15) is 11.8 Å². The van der Waals surface area contributed by atoms with E-state index in [2.05, 4.69) is 20.1 Å². The maximum Gasteiger partial charge on any atom is 0.224 e. The molecule has 9 nitrogen and oxygen atoms in total. The first-order valence-corrected chi connectivity index (χ1v) is 8.38. The summed E-state index contributed by atoms with van der Waals surface area (Å²) in [7, 11) is 0. The quantitative estimate of drug-likeness (QED) is 0.747. The summed E-state index contributed by atoms with van der Waals surface area (Å²) in [6.07, 6.45) is 7.70. The third-order valence-electron chi connectivity index (χ3n) is 4.46. The Bertz CT molecular complexity index is 919. The van der Waals surface area contributed by atoms with Crippen LogP contribution in [0.3, 0.4) is 0 Å². The molecule has 1 aliphatic rings. The molecule has 2 N–H and O–H groups in total. The van der Waals surface area contributed by atoms with Crippen molar-refractivity contribution in [3.63, 3.8) is 0 Å². The van der Waals surface area contributed by atoms with Crippen LogP contribution in [0.4, 0.5) is 5.82 Å². The molecule has 1 fully saturated rings. The molecule has 0 saturated carbocycles.